The molecule has 3 N–H and O–H groups in total. The second-order valence-corrected chi connectivity index (χ2v) is 11.1. The van der Waals surface area contributed by atoms with Gasteiger partial charge in [-0.1, -0.05) is 17.7 Å². The van der Waals surface area contributed by atoms with Crippen LogP contribution in [0.2, 0.25) is 5.02 Å². The number of benzene rings is 2. The zero-order chi connectivity index (χ0) is 29.3. The molecule has 41 heavy (non-hydrogen) atoms. The summed E-state index contributed by atoms with van der Waals surface area (Å²) in [6, 6.07) is 14.8. The highest BCUT2D eigenvalue weighted by Crippen LogP contribution is 2.35. The van der Waals surface area contributed by atoms with Crippen LogP contribution in [0.15, 0.2) is 71.9 Å². The van der Waals surface area contributed by atoms with Crippen molar-refractivity contribution in [3.63, 3.8) is 0 Å². The number of aliphatic hydroxyl groups is 1. The number of amides is 2. The van der Waals surface area contributed by atoms with Crippen LogP contribution < -0.4 is 16.2 Å². The molecule has 2 amide bonds. The third-order valence-corrected chi connectivity index (χ3v) is 7.56. The average molecular weight is 575 g/mol. The van der Waals surface area contributed by atoms with Crippen molar-refractivity contribution in [1.29, 1.82) is 0 Å². The van der Waals surface area contributed by atoms with E-state index in [2.05, 4.69) is 20.8 Å². The Bertz CT molecular complexity index is 1660. The highest BCUT2D eigenvalue weighted by Gasteiger charge is 2.49. The van der Waals surface area contributed by atoms with E-state index in [1.165, 1.54) is 6.07 Å². The molecule has 11 heteroatoms. The first-order valence-electron chi connectivity index (χ1n) is 13.3. The molecule has 0 saturated heterocycles. The van der Waals surface area contributed by atoms with E-state index in [4.69, 9.17) is 11.6 Å². The molecule has 0 aliphatic heterocycles. The summed E-state index contributed by atoms with van der Waals surface area (Å²) < 4.78 is 3.43. The van der Waals surface area contributed by atoms with Gasteiger partial charge in [-0.25, -0.2) is 0 Å². The molecule has 0 spiro atoms. The number of aromatic nitrogens is 4. The Balaban J connectivity index is 1.40. The fraction of sp³-hybridized carbons (Fsp3) is 0.300. The second-order valence-electron chi connectivity index (χ2n) is 10.7. The van der Waals surface area contributed by atoms with Crippen molar-refractivity contribution in [2.45, 2.75) is 50.8 Å². The Hall–Kier alpha value is -4.28. The number of halogens is 1. The molecule has 2 aromatic heterocycles. The van der Waals surface area contributed by atoms with Crippen molar-refractivity contribution >= 4 is 29.1 Å². The van der Waals surface area contributed by atoms with Gasteiger partial charge in [0.05, 0.1) is 0 Å². The third-order valence-electron chi connectivity index (χ3n) is 7.19. The van der Waals surface area contributed by atoms with E-state index >= 15 is 0 Å². The van der Waals surface area contributed by atoms with Crippen molar-refractivity contribution in [2.24, 2.45) is 7.05 Å². The van der Waals surface area contributed by atoms with Gasteiger partial charge in [0, 0.05) is 48.0 Å². The number of pyridine rings is 1. The van der Waals surface area contributed by atoms with Gasteiger partial charge in [-0.3, -0.25) is 14.4 Å². The number of hydrogen-bond donors (Lipinski definition) is 3. The zero-order valence-corrected chi connectivity index (χ0v) is 23.7. The number of carbonyl (C=O) groups excluding carboxylic acids is 2. The molecular formula is C30H31ClN6O4. The molecule has 0 bridgehead atoms. The van der Waals surface area contributed by atoms with Crippen LogP contribution in [0.4, 0.5) is 5.69 Å². The van der Waals surface area contributed by atoms with Gasteiger partial charge in [-0.15, -0.1) is 10.2 Å². The minimum absolute atomic E-state index is 0.0137. The number of nitrogens with zero attached hydrogens (tertiary/aromatic N) is 4. The molecule has 5 rings (SSSR count). The van der Waals surface area contributed by atoms with Gasteiger partial charge in [-0.05, 0) is 85.8 Å². The van der Waals surface area contributed by atoms with Crippen LogP contribution in [-0.2, 0) is 23.1 Å². The molecule has 0 radical (unpaired) electrons. The largest absolute Gasteiger partial charge is 0.380 e. The summed E-state index contributed by atoms with van der Waals surface area (Å²) >= 11 is 6.56. The van der Waals surface area contributed by atoms with Gasteiger partial charge < -0.3 is 24.9 Å². The van der Waals surface area contributed by atoms with Gasteiger partial charge in [0.25, 0.3) is 11.5 Å². The molecule has 4 aromatic rings. The first kappa shape index (κ1) is 28.3. The highest BCUT2D eigenvalue weighted by atomic mass is 35.5. The number of carbonyl (C=O) groups is 2. The minimum atomic E-state index is -1.45. The topological polar surface area (TPSA) is 131 Å². The summed E-state index contributed by atoms with van der Waals surface area (Å²) in [5.41, 5.74) is 2.07. The van der Waals surface area contributed by atoms with Gasteiger partial charge >= 0.3 is 0 Å². The lowest BCUT2D eigenvalue weighted by Gasteiger charge is -2.21. The third kappa shape index (κ3) is 6.23. The van der Waals surface area contributed by atoms with E-state index in [-0.39, 0.29) is 18.0 Å². The highest BCUT2D eigenvalue weighted by molar-refractivity contribution is 6.31. The molecule has 212 valence electrons. The molecular weight excluding hydrogens is 544 g/mol. The van der Waals surface area contributed by atoms with Crippen molar-refractivity contribution in [3.8, 4) is 22.5 Å². The van der Waals surface area contributed by atoms with Crippen LogP contribution in [0.25, 0.3) is 22.5 Å². The summed E-state index contributed by atoms with van der Waals surface area (Å²) in [5.74, 6) is -0.362. The van der Waals surface area contributed by atoms with E-state index in [0.29, 0.717) is 34.9 Å². The van der Waals surface area contributed by atoms with Crippen LogP contribution >= 0.6 is 11.6 Å². The molecule has 1 fully saturated rings. The van der Waals surface area contributed by atoms with Gasteiger partial charge in [0.15, 0.2) is 5.82 Å². The molecule has 1 atom stereocenters. The van der Waals surface area contributed by atoms with Crippen LogP contribution in [0.5, 0.6) is 0 Å². The summed E-state index contributed by atoms with van der Waals surface area (Å²) in [6.07, 6.45) is 4.17. The quantitative estimate of drug-likeness (QED) is 0.279. The summed E-state index contributed by atoms with van der Waals surface area (Å²) in [4.78, 5) is 38.5. The lowest BCUT2D eigenvalue weighted by molar-refractivity contribution is -0.134. The SMILES string of the molecule is CC(C)n1cc(-c2ccc(Cl)c(CC(NC(=O)C3(O)CC3)C(=O)Nc3ccc(-c4nncn4C)cc3)c2)ccc1=O. The van der Waals surface area contributed by atoms with Crippen LogP contribution in [0.3, 0.4) is 0 Å². The maximum Gasteiger partial charge on any atom is 0.252 e. The molecule has 1 aliphatic rings. The number of hydrogen-bond acceptors (Lipinski definition) is 6. The predicted molar refractivity (Wildman–Crippen MR) is 156 cm³/mol. The first-order chi connectivity index (χ1) is 19.5. The van der Waals surface area contributed by atoms with E-state index < -0.39 is 23.5 Å². The normalized spacial score (nSPS) is 14.5. The van der Waals surface area contributed by atoms with E-state index in [9.17, 15) is 19.5 Å². The molecule has 1 aliphatic carbocycles. The van der Waals surface area contributed by atoms with Gasteiger partial charge in [0.2, 0.25) is 5.91 Å². The first-order valence-corrected chi connectivity index (χ1v) is 13.7. The Morgan fingerprint density at radius 1 is 1.05 bits per heavy atom. The number of nitrogens with one attached hydrogen (secondary N) is 2. The lowest BCUT2D eigenvalue weighted by atomic mass is 9.99. The minimum Gasteiger partial charge on any atom is -0.380 e. The maximum atomic E-state index is 13.5. The van der Waals surface area contributed by atoms with Gasteiger partial charge in [0.1, 0.15) is 18.0 Å². The average Bonchev–Trinajstić information content (AvgIpc) is 3.56. The molecule has 10 nitrogen and oxygen atoms in total. The van der Waals surface area contributed by atoms with Crippen molar-refractivity contribution in [2.75, 3.05) is 5.32 Å². The van der Waals surface area contributed by atoms with Crippen molar-refractivity contribution < 1.29 is 14.7 Å². The molecule has 2 heterocycles. The summed E-state index contributed by atoms with van der Waals surface area (Å²) in [5, 5.41) is 24.3. The smallest absolute Gasteiger partial charge is 0.252 e. The second kappa shape index (κ2) is 11.3. The fourth-order valence-electron chi connectivity index (χ4n) is 4.53. The van der Waals surface area contributed by atoms with E-state index in [1.54, 1.807) is 45.9 Å². The van der Waals surface area contributed by atoms with Crippen LogP contribution in [0.1, 0.15) is 38.3 Å². The molecule has 1 saturated carbocycles. The zero-order valence-electron chi connectivity index (χ0n) is 23.0. The molecule has 1 unspecified atom stereocenters. The number of rotatable bonds is 9. The van der Waals surface area contributed by atoms with Crippen molar-refractivity contribution in [1.82, 2.24) is 24.6 Å². The standard InChI is InChI=1S/C30H31ClN6O4/c1-18(2)37-16-21(7-11-26(37)38)20-6-10-24(31)22(14-20)15-25(34-29(40)30(41)12-13-30)28(39)33-23-8-4-19(5-9-23)27-35-32-17-36(27)3/h4-11,14,16-18,25,41H,12-13,15H2,1-3H3,(H,33,39)(H,34,40). The van der Waals surface area contributed by atoms with Crippen molar-refractivity contribution in [3.05, 3.63) is 88.1 Å². The summed E-state index contributed by atoms with van der Waals surface area (Å²) in [7, 11) is 1.84. The number of aryl methyl sites for hydroxylation is 1. The predicted octanol–water partition coefficient (Wildman–Crippen LogP) is 3.74. The fourth-order valence-corrected chi connectivity index (χ4v) is 4.73. The Morgan fingerprint density at radius 2 is 1.73 bits per heavy atom. The van der Waals surface area contributed by atoms with Crippen LogP contribution in [-0.4, -0.2) is 47.9 Å². The Morgan fingerprint density at radius 3 is 2.37 bits per heavy atom. The number of anilines is 1. The van der Waals surface area contributed by atoms with Gasteiger partial charge in [-0.2, -0.15) is 0 Å². The van der Waals surface area contributed by atoms with Crippen LogP contribution in [0, 0.1) is 0 Å². The monoisotopic (exact) mass is 574 g/mol. The molecule has 2 aromatic carbocycles. The maximum absolute atomic E-state index is 13.5. The van der Waals surface area contributed by atoms with E-state index in [1.807, 2.05) is 45.2 Å². The van der Waals surface area contributed by atoms with E-state index in [0.717, 1.165) is 16.7 Å². The lowest BCUT2D eigenvalue weighted by Crippen LogP contribution is -2.49. The Kier molecular flexibility index (Phi) is 7.79. The summed E-state index contributed by atoms with van der Waals surface area (Å²) in [6.45, 7) is 3.86. The Labute approximate surface area is 242 Å².